The van der Waals surface area contributed by atoms with E-state index in [1.165, 1.54) is 23.5 Å². The maximum atomic E-state index is 14.5. The summed E-state index contributed by atoms with van der Waals surface area (Å²) in [5.74, 6) is -0.211. The second-order valence-electron chi connectivity index (χ2n) is 8.87. The Morgan fingerprint density at radius 3 is 2.40 bits per heavy atom. The summed E-state index contributed by atoms with van der Waals surface area (Å²) in [4.78, 5) is 4.86. The van der Waals surface area contributed by atoms with Gasteiger partial charge in [-0.25, -0.2) is 18.4 Å². The van der Waals surface area contributed by atoms with E-state index < -0.39 is 11.6 Å². The summed E-state index contributed by atoms with van der Waals surface area (Å²) in [5, 5.41) is 7.31. The number of halogens is 3. The molecule has 2 aromatic heterocycles. The van der Waals surface area contributed by atoms with Gasteiger partial charge in [-0.15, -0.1) is 11.3 Å². The third-order valence-corrected chi connectivity index (χ3v) is 7.43. The minimum atomic E-state index is -0.768. The summed E-state index contributed by atoms with van der Waals surface area (Å²) < 4.78 is 42.8. The van der Waals surface area contributed by atoms with E-state index in [4.69, 9.17) is 26.2 Å². The molecule has 0 aliphatic carbocycles. The minimum absolute atomic E-state index is 0.00252. The van der Waals surface area contributed by atoms with Crippen LogP contribution in [-0.2, 0) is 0 Å². The van der Waals surface area contributed by atoms with E-state index >= 15 is 0 Å². The van der Waals surface area contributed by atoms with Gasteiger partial charge in [0.1, 0.15) is 23.0 Å². The van der Waals surface area contributed by atoms with E-state index in [1.807, 2.05) is 55.6 Å². The van der Waals surface area contributed by atoms with E-state index in [0.717, 1.165) is 28.7 Å². The molecular weight excluding hydrogens is 554 g/mol. The first kappa shape index (κ1) is 27.4. The molecule has 3 aromatic carbocycles. The zero-order chi connectivity index (χ0) is 28.4. The van der Waals surface area contributed by atoms with Gasteiger partial charge < -0.3 is 14.0 Å². The number of nitrogens with zero attached hydrogens (tertiary/aromatic N) is 4. The van der Waals surface area contributed by atoms with Gasteiger partial charge in [0.15, 0.2) is 5.82 Å². The van der Waals surface area contributed by atoms with Crippen LogP contribution in [0.25, 0.3) is 16.9 Å². The van der Waals surface area contributed by atoms with Crippen LogP contribution in [0.3, 0.4) is 0 Å². The molecule has 0 fully saturated rings. The van der Waals surface area contributed by atoms with E-state index in [1.54, 1.807) is 37.2 Å². The van der Waals surface area contributed by atoms with Gasteiger partial charge in [-0.3, -0.25) is 0 Å². The van der Waals surface area contributed by atoms with E-state index in [0.29, 0.717) is 32.6 Å². The van der Waals surface area contributed by atoms with Gasteiger partial charge >= 0.3 is 0 Å². The molecule has 0 radical (unpaired) electrons. The zero-order valence-electron chi connectivity index (χ0n) is 22.2. The van der Waals surface area contributed by atoms with Gasteiger partial charge in [-0.2, -0.15) is 5.10 Å². The molecule has 40 heavy (non-hydrogen) atoms. The molecule has 0 N–H and O–H groups in total. The summed E-state index contributed by atoms with van der Waals surface area (Å²) in [7, 11) is 3.16. The van der Waals surface area contributed by atoms with Gasteiger partial charge in [0.25, 0.3) is 0 Å². The maximum Gasteiger partial charge on any atom is 0.211 e. The quantitative estimate of drug-likeness (QED) is 0.186. The summed E-state index contributed by atoms with van der Waals surface area (Å²) in [6.45, 7) is 4.02. The lowest BCUT2D eigenvalue weighted by atomic mass is 10.1. The molecular formula is C30H25ClF2N4O2S. The first-order valence-corrected chi connectivity index (χ1v) is 13.5. The Balaban J connectivity index is 1.67. The van der Waals surface area contributed by atoms with Crippen molar-refractivity contribution in [3.05, 3.63) is 111 Å². The Kier molecular flexibility index (Phi) is 7.86. The SMILES string of the molecule is COc1ccc(OC)c(-c2csc(=Nc3ccc(F)cc3F)n2/N=C/c2cc(C)n(-c3ccc(Cl)cc3)c2C)c1. The Morgan fingerprint density at radius 1 is 0.925 bits per heavy atom. The predicted molar refractivity (Wildman–Crippen MR) is 156 cm³/mol. The highest BCUT2D eigenvalue weighted by molar-refractivity contribution is 7.07. The van der Waals surface area contributed by atoms with Crippen LogP contribution in [0.5, 0.6) is 11.5 Å². The molecule has 0 aliphatic heterocycles. The van der Waals surface area contributed by atoms with Gasteiger partial charge in [0.2, 0.25) is 4.80 Å². The molecule has 5 aromatic rings. The Bertz CT molecular complexity index is 1790. The summed E-state index contributed by atoms with van der Waals surface area (Å²) in [6.07, 6.45) is 1.73. The highest BCUT2D eigenvalue weighted by Crippen LogP contribution is 2.34. The fourth-order valence-corrected chi connectivity index (χ4v) is 5.36. The van der Waals surface area contributed by atoms with Crippen molar-refractivity contribution in [1.29, 1.82) is 0 Å². The highest BCUT2D eigenvalue weighted by atomic mass is 35.5. The zero-order valence-corrected chi connectivity index (χ0v) is 23.7. The van der Waals surface area contributed by atoms with Crippen molar-refractivity contribution < 1.29 is 18.3 Å². The lowest BCUT2D eigenvalue weighted by Gasteiger charge is -2.11. The number of aromatic nitrogens is 2. The van der Waals surface area contributed by atoms with Gasteiger partial charge in [-0.1, -0.05) is 11.6 Å². The minimum Gasteiger partial charge on any atom is -0.497 e. The average molecular weight is 579 g/mol. The third kappa shape index (κ3) is 5.43. The molecule has 0 bridgehead atoms. The maximum absolute atomic E-state index is 14.5. The van der Waals surface area contributed by atoms with Crippen molar-refractivity contribution in [2.24, 2.45) is 10.1 Å². The Labute approximate surface area is 239 Å². The van der Waals surface area contributed by atoms with Crippen molar-refractivity contribution in [2.75, 3.05) is 14.2 Å². The van der Waals surface area contributed by atoms with Crippen LogP contribution in [0.1, 0.15) is 17.0 Å². The van der Waals surface area contributed by atoms with Crippen LogP contribution in [0, 0.1) is 25.5 Å². The predicted octanol–water partition coefficient (Wildman–Crippen LogP) is 7.69. The van der Waals surface area contributed by atoms with Crippen LogP contribution in [0.4, 0.5) is 14.5 Å². The number of methoxy groups -OCH3 is 2. The van der Waals surface area contributed by atoms with Crippen molar-refractivity contribution in [2.45, 2.75) is 13.8 Å². The number of benzene rings is 3. The molecule has 0 amide bonds. The molecule has 0 aliphatic rings. The largest absolute Gasteiger partial charge is 0.497 e. The average Bonchev–Trinajstić information content (AvgIpc) is 3.47. The topological polar surface area (TPSA) is 53.0 Å². The molecule has 0 saturated carbocycles. The van der Waals surface area contributed by atoms with Crippen LogP contribution in [-0.4, -0.2) is 29.7 Å². The second-order valence-corrected chi connectivity index (χ2v) is 10.1. The number of hydrogen-bond donors (Lipinski definition) is 0. The molecule has 0 spiro atoms. The number of thiazole rings is 1. The Hall–Kier alpha value is -4.21. The van der Waals surface area contributed by atoms with Crippen molar-refractivity contribution in [3.63, 3.8) is 0 Å². The first-order valence-electron chi connectivity index (χ1n) is 12.2. The Morgan fingerprint density at radius 2 is 1.70 bits per heavy atom. The molecule has 204 valence electrons. The number of aryl methyl sites for hydroxylation is 1. The molecule has 0 saturated heterocycles. The van der Waals surface area contributed by atoms with E-state index in [2.05, 4.69) is 9.56 Å². The number of rotatable bonds is 7. The van der Waals surface area contributed by atoms with Crippen LogP contribution < -0.4 is 14.3 Å². The van der Waals surface area contributed by atoms with Gasteiger partial charge in [0, 0.05) is 44.7 Å². The lowest BCUT2D eigenvalue weighted by Crippen LogP contribution is -2.12. The third-order valence-electron chi connectivity index (χ3n) is 6.36. The summed E-state index contributed by atoms with van der Waals surface area (Å²) in [6, 6.07) is 18.3. The molecule has 6 nitrogen and oxygen atoms in total. The van der Waals surface area contributed by atoms with Gasteiger partial charge in [-0.05, 0) is 74.5 Å². The smallest absolute Gasteiger partial charge is 0.211 e. The summed E-state index contributed by atoms with van der Waals surface area (Å²) >= 11 is 7.35. The highest BCUT2D eigenvalue weighted by Gasteiger charge is 2.16. The van der Waals surface area contributed by atoms with Crippen molar-refractivity contribution >= 4 is 34.8 Å². The molecule has 0 unspecified atom stereocenters. The van der Waals surface area contributed by atoms with Crippen LogP contribution >= 0.6 is 22.9 Å². The van der Waals surface area contributed by atoms with Gasteiger partial charge in [0.05, 0.1) is 26.1 Å². The normalized spacial score (nSPS) is 11.9. The first-order chi connectivity index (χ1) is 19.3. The van der Waals surface area contributed by atoms with Crippen molar-refractivity contribution in [3.8, 4) is 28.4 Å². The lowest BCUT2D eigenvalue weighted by molar-refractivity contribution is 0.404. The molecule has 0 atom stereocenters. The van der Waals surface area contributed by atoms with Crippen molar-refractivity contribution in [1.82, 2.24) is 9.24 Å². The fourth-order valence-electron chi connectivity index (χ4n) is 4.39. The van der Waals surface area contributed by atoms with E-state index in [-0.39, 0.29) is 5.69 Å². The van der Waals surface area contributed by atoms with E-state index in [9.17, 15) is 8.78 Å². The summed E-state index contributed by atoms with van der Waals surface area (Å²) in [5.41, 5.74) is 5.22. The molecule has 10 heteroatoms. The molecule has 2 heterocycles. The number of ether oxygens (including phenoxy) is 2. The second kappa shape index (κ2) is 11.5. The fraction of sp³-hybridized carbons (Fsp3) is 0.133. The monoisotopic (exact) mass is 578 g/mol. The van der Waals surface area contributed by atoms with Crippen LogP contribution in [0.15, 0.2) is 82.2 Å². The number of hydrogen-bond acceptors (Lipinski definition) is 5. The molecule has 5 rings (SSSR count). The van der Waals surface area contributed by atoms with Crippen LogP contribution in [0.2, 0.25) is 5.02 Å². The standard InChI is InChI=1S/C30H25ClF2N4O2S/c1-18-13-20(19(2)36(18)23-8-5-21(31)6-9-23)16-34-37-28(25-15-24(38-3)10-12-29(25)39-4)17-40-30(37)35-27-11-7-22(32)14-26(27)33/h5-17H,1-4H3/b34-16+,35-30?.